The van der Waals surface area contributed by atoms with E-state index in [0.29, 0.717) is 5.56 Å². The van der Waals surface area contributed by atoms with Crippen LogP contribution in [-0.4, -0.2) is 15.3 Å². The van der Waals surface area contributed by atoms with Crippen LogP contribution in [0.4, 0.5) is 5.69 Å². The maximum Gasteiger partial charge on any atom is 0.255 e. The number of aromatic nitrogens is 2. The van der Waals surface area contributed by atoms with Crippen LogP contribution in [-0.2, 0) is 0 Å². The zero-order valence-corrected chi connectivity index (χ0v) is 15.7. The summed E-state index contributed by atoms with van der Waals surface area (Å²) in [5, 5.41) is 3.05. The summed E-state index contributed by atoms with van der Waals surface area (Å²) in [4.78, 5) is 17.6. The number of carbonyl (C=O) groups is 1. The number of hydrogen-bond acceptors (Lipinski definition) is 2. The summed E-state index contributed by atoms with van der Waals surface area (Å²) in [6, 6.07) is 17.7. The van der Waals surface area contributed by atoms with Crippen LogP contribution < -0.4 is 5.32 Å². The molecule has 4 aromatic rings. The molecule has 0 aliphatic rings. The van der Waals surface area contributed by atoms with Crippen molar-refractivity contribution in [3.63, 3.8) is 0 Å². The molecule has 134 valence electrons. The van der Waals surface area contributed by atoms with E-state index >= 15 is 0 Å². The normalized spacial score (nSPS) is 10.9. The lowest BCUT2D eigenvalue weighted by Crippen LogP contribution is -2.13. The van der Waals surface area contributed by atoms with Crippen LogP contribution >= 0.6 is 0 Å². The Morgan fingerprint density at radius 1 is 0.963 bits per heavy atom. The van der Waals surface area contributed by atoms with Gasteiger partial charge in [0.25, 0.3) is 5.91 Å². The molecule has 4 nitrogen and oxygen atoms in total. The predicted molar refractivity (Wildman–Crippen MR) is 109 cm³/mol. The van der Waals surface area contributed by atoms with Crippen molar-refractivity contribution in [3.8, 4) is 11.3 Å². The van der Waals surface area contributed by atoms with Gasteiger partial charge in [-0.3, -0.25) is 4.79 Å². The second-order valence-corrected chi connectivity index (χ2v) is 6.92. The van der Waals surface area contributed by atoms with Gasteiger partial charge in [0.15, 0.2) is 0 Å². The highest BCUT2D eigenvalue weighted by atomic mass is 16.1. The van der Waals surface area contributed by atoms with E-state index in [1.807, 2.05) is 86.1 Å². The largest absolute Gasteiger partial charge is 0.321 e. The van der Waals surface area contributed by atoms with Crippen LogP contribution in [0, 0.1) is 20.8 Å². The fraction of sp³-hybridized carbons (Fsp3) is 0.130. The second kappa shape index (κ2) is 6.72. The molecule has 4 heteroatoms. The number of amides is 1. The molecule has 0 aliphatic heterocycles. The minimum absolute atomic E-state index is 0.116. The number of imidazole rings is 1. The summed E-state index contributed by atoms with van der Waals surface area (Å²) in [6.45, 7) is 6.04. The summed E-state index contributed by atoms with van der Waals surface area (Å²) in [5.41, 5.74) is 7.33. The lowest BCUT2D eigenvalue weighted by molar-refractivity contribution is 0.102. The van der Waals surface area contributed by atoms with Gasteiger partial charge in [0.2, 0.25) is 0 Å². The van der Waals surface area contributed by atoms with E-state index in [9.17, 15) is 4.79 Å². The molecule has 2 aromatic carbocycles. The summed E-state index contributed by atoms with van der Waals surface area (Å²) in [6.07, 6.45) is 3.97. The molecule has 2 aromatic heterocycles. The first-order valence-corrected chi connectivity index (χ1v) is 8.94. The third-order valence-electron chi connectivity index (χ3n) is 4.61. The fourth-order valence-electron chi connectivity index (χ4n) is 3.40. The van der Waals surface area contributed by atoms with Gasteiger partial charge in [-0.1, -0.05) is 41.5 Å². The van der Waals surface area contributed by atoms with E-state index in [1.54, 1.807) is 0 Å². The van der Waals surface area contributed by atoms with Gasteiger partial charge in [0, 0.05) is 23.5 Å². The molecule has 0 saturated carbocycles. The maximum atomic E-state index is 12.8. The van der Waals surface area contributed by atoms with Gasteiger partial charge in [0.1, 0.15) is 5.65 Å². The van der Waals surface area contributed by atoms with Crippen molar-refractivity contribution in [2.45, 2.75) is 20.8 Å². The number of carbonyl (C=O) groups excluding carboxylic acids is 1. The number of anilines is 1. The Hall–Kier alpha value is -3.40. The summed E-state index contributed by atoms with van der Waals surface area (Å²) >= 11 is 0. The van der Waals surface area contributed by atoms with Crippen LogP contribution in [0.2, 0.25) is 0 Å². The van der Waals surface area contributed by atoms with Crippen LogP contribution in [0.15, 0.2) is 67.0 Å². The molecule has 27 heavy (non-hydrogen) atoms. The predicted octanol–water partition coefficient (Wildman–Crippen LogP) is 5.18. The molecule has 2 heterocycles. The summed E-state index contributed by atoms with van der Waals surface area (Å²) < 4.78 is 2.01. The fourth-order valence-corrected chi connectivity index (χ4v) is 3.40. The molecule has 0 saturated heterocycles. The minimum atomic E-state index is -0.116. The van der Waals surface area contributed by atoms with Crippen molar-refractivity contribution < 1.29 is 4.79 Å². The van der Waals surface area contributed by atoms with Gasteiger partial charge in [-0.15, -0.1) is 0 Å². The molecular weight excluding hydrogens is 334 g/mol. The van der Waals surface area contributed by atoms with Crippen molar-refractivity contribution in [1.29, 1.82) is 0 Å². The zero-order valence-electron chi connectivity index (χ0n) is 15.7. The van der Waals surface area contributed by atoms with E-state index < -0.39 is 0 Å². The number of para-hydroxylation sites is 1. The molecule has 0 bridgehead atoms. The zero-order chi connectivity index (χ0) is 19.0. The quantitative estimate of drug-likeness (QED) is 0.550. The first kappa shape index (κ1) is 17.0. The molecule has 0 unspecified atom stereocenters. The Kier molecular flexibility index (Phi) is 4.24. The van der Waals surface area contributed by atoms with Gasteiger partial charge in [0.05, 0.1) is 11.4 Å². The number of hydrogen-bond donors (Lipinski definition) is 1. The van der Waals surface area contributed by atoms with Crippen LogP contribution in [0.3, 0.4) is 0 Å². The van der Waals surface area contributed by atoms with E-state index in [4.69, 9.17) is 4.98 Å². The highest BCUT2D eigenvalue weighted by molar-refractivity contribution is 6.06. The van der Waals surface area contributed by atoms with Crippen molar-refractivity contribution in [2.24, 2.45) is 0 Å². The smallest absolute Gasteiger partial charge is 0.255 e. The van der Waals surface area contributed by atoms with Crippen molar-refractivity contribution >= 4 is 17.2 Å². The molecule has 1 amide bonds. The third-order valence-corrected chi connectivity index (χ3v) is 4.61. The van der Waals surface area contributed by atoms with E-state index in [-0.39, 0.29) is 5.91 Å². The summed E-state index contributed by atoms with van der Waals surface area (Å²) in [5.74, 6) is -0.116. The van der Waals surface area contributed by atoms with Gasteiger partial charge < -0.3 is 9.72 Å². The van der Waals surface area contributed by atoms with Gasteiger partial charge in [-0.25, -0.2) is 4.98 Å². The molecule has 0 radical (unpaired) electrons. The number of aryl methyl sites for hydroxylation is 3. The van der Waals surface area contributed by atoms with Crippen molar-refractivity contribution in [1.82, 2.24) is 9.38 Å². The first-order chi connectivity index (χ1) is 13.0. The van der Waals surface area contributed by atoms with Crippen molar-refractivity contribution in [2.75, 3.05) is 5.32 Å². The third kappa shape index (κ3) is 3.34. The molecule has 0 aliphatic carbocycles. The van der Waals surface area contributed by atoms with E-state index in [1.165, 1.54) is 0 Å². The number of pyridine rings is 1. The average molecular weight is 355 g/mol. The Morgan fingerprint density at radius 2 is 1.70 bits per heavy atom. The molecule has 0 atom stereocenters. The topological polar surface area (TPSA) is 46.4 Å². The molecule has 1 N–H and O–H groups in total. The average Bonchev–Trinajstić information content (AvgIpc) is 3.07. The van der Waals surface area contributed by atoms with Crippen LogP contribution in [0.5, 0.6) is 0 Å². The number of benzene rings is 2. The van der Waals surface area contributed by atoms with Gasteiger partial charge >= 0.3 is 0 Å². The van der Waals surface area contributed by atoms with E-state index in [2.05, 4.69) is 11.4 Å². The maximum absolute atomic E-state index is 12.8. The van der Waals surface area contributed by atoms with E-state index in [0.717, 1.165) is 39.3 Å². The van der Waals surface area contributed by atoms with Gasteiger partial charge in [-0.05, 0) is 50.6 Å². The van der Waals surface area contributed by atoms with Crippen LogP contribution in [0.1, 0.15) is 27.0 Å². The number of nitrogens with zero attached hydrogens (tertiary/aromatic N) is 2. The van der Waals surface area contributed by atoms with Crippen molar-refractivity contribution in [3.05, 3.63) is 89.2 Å². The highest BCUT2D eigenvalue weighted by Gasteiger charge is 2.13. The molecular formula is C23H21N3O. The molecule has 0 spiro atoms. The molecule has 0 fully saturated rings. The second-order valence-electron chi connectivity index (χ2n) is 6.92. The number of fused-ring (bicyclic) bond motifs is 1. The standard InChI is InChI=1S/C23H21N3O/c1-15-11-16(2)13-18(12-15)23(27)25-20-9-5-4-8-19(20)21-14-26-10-6-7-17(3)22(26)24-21/h4-14H,1-3H3,(H,25,27). The Labute approximate surface area is 158 Å². The SMILES string of the molecule is Cc1cc(C)cc(C(=O)Nc2ccccc2-c2cn3cccc(C)c3n2)c1. The first-order valence-electron chi connectivity index (χ1n) is 8.94. The number of nitrogens with one attached hydrogen (secondary N) is 1. The Bertz CT molecular complexity index is 1140. The highest BCUT2D eigenvalue weighted by Crippen LogP contribution is 2.28. The van der Waals surface area contributed by atoms with Crippen LogP contribution in [0.25, 0.3) is 16.9 Å². The summed E-state index contributed by atoms with van der Waals surface area (Å²) in [7, 11) is 0. The lowest BCUT2D eigenvalue weighted by atomic mass is 10.1. The minimum Gasteiger partial charge on any atom is -0.321 e. The monoisotopic (exact) mass is 355 g/mol. The Morgan fingerprint density at radius 3 is 2.44 bits per heavy atom. The van der Waals surface area contributed by atoms with Gasteiger partial charge in [-0.2, -0.15) is 0 Å². The Balaban J connectivity index is 1.72. The molecule has 4 rings (SSSR count). The number of rotatable bonds is 3. The lowest BCUT2D eigenvalue weighted by Gasteiger charge is -2.10.